The molecule has 1 N–H and O–H groups in total. The molecule has 0 aliphatic carbocycles. The largest absolute Gasteiger partial charge is 0.385 e. The lowest BCUT2D eigenvalue weighted by atomic mass is 10.1. The van der Waals surface area contributed by atoms with E-state index in [9.17, 15) is 0 Å². The van der Waals surface area contributed by atoms with Crippen molar-refractivity contribution in [2.45, 2.75) is 52.0 Å². The number of nitrogens with zero attached hydrogens (tertiary/aromatic N) is 2. The van der Waals surface area contributed by atoms with Crippen LogP contribution in [0.2, 0.25) is 0 Å². The van der Waals surface area contributed by atoms with E-state index >= 15 is 0 Å². The van der Waals surface area contributed by atoms with E-state index in [1.165, 1.54) is 49.2 Å². The summed E-state index contributed by atoms with van der Waals surface area (Å²) in [5, 5.41) is 3.48. The Morgan fingerprint density at radius 3 is 2.76 bits per heavy atom. The van der Waals surface area contributed by atoms with E-state index in [1.807, 2.05) is 0 Å². The highest BCUT2D eigenvalue weighted by molar-refractivity contribution is 5.62. The van der Waals surface area contributed by atoms with Crippen molar-refractivity contribution in [2.75, 3.05) is 11.9 Å². The van der Waals surface area contributed by atoms with Gasteiger partial charge in [0, 0.05) is 37.0 Å². The number of hydrogen-bond donors (Lipinski definition) is 1. The normalized spacial score (nSPS) is 14.0. The fourth-order valence-corrected chi connectivity index (χ4v) is 2.92. The van der Waals surface area contributed by atoms with Gasteiger partial charge < -0.3 is 9.88 Å². The van der Waals surface area contributed by atoms with Crippen LogP contribution in [0.5, 0.6) is 0 Å². The van der Waals surface area contributed by atoms with Crippen LogP contribution in [0.4, 0.5) is 5.69 Å². The van der Waals surface area contributed by atoms with Gasteiger partial charge in [0.2, 0.25) is 0 Å². The van der Waals surface area contributed by atoms with Gasteiger partial charge in [0.05, 0.1) is 5.69 Å². The molecule has 112 valence electrons. The standard InChI is InChI=1S/C18H25N3/c1-2-3-5-12-19-16-10-8-15(9-11-16)17-14-21-13-6-4-7-18(21)20-17/h8-11,14,19H,2-7,12-13H2,1H3. The summed E-state index contributed by atoms with van der Waals surface area (Å²) in [6, 6.07) is 8.69. The van der Waals surface area contributed by atoms with E-state index in [0.717, 1.165) is 25.2 Å². The van der Waals surface area contributed by atoms with Crippen molar-refractivity contribution in [3.63, 3.8) is 0 Å². The number of imidazole rings is 1. The molecular formula is C18H25N3. The average Bonchev–Trinajstić information content (AvgIpc) is 2.96. The first-order chi connectivity index (χ1) is 10.4. The third-order valence-electron chi connectivity index (χ3n) is 4.20. The van der Waals surface area contributed by atoms with Gasteiger partial charge in [0.1, 0.15) is 5.82 Å². The summed E-state index contributed by atoms with van der Waals surface area (Å²) < 4.78 is 2.32. The molecule has 21 heavy (non-hydrogen) atoms. The highest BCUT2D eigenvalue weighted by Crippen LogP contribution is 2.23. The summed E-state index contributed by atoms with van der Waals surface area (Å²) in [4.78, 5) is 4.78. The van der Waals surface area contributed by atoms with Crippen molar-refractivity contribution in [3.8, 4) is 11.3 Å². The lowest BCUT2D eigenvalue weighted by molar-refractivity contribution is 0.522. The quantitative estimate of drug-likeness (QED) is 0.792. The molecule has 1 aromatic heterocycles. The maximum absolute atomic E-state index is 4.78. The first-order valence-corrected chi connectivity index (χ1v) is 8.27. The van der Waals surface area contributed by atoms with Crippen LogP contribution in [0.1, 0.15) is 44.9 Å². The Morgan fingerprint density at radius 1 is 1.14 bits per heavy atom. The van der Waals surface area contributed by atoms with Crippen LogP contribution in [0.3, 0.4) is 0 Å². The van der Waals surface area contributed by atoms with Crippen molar-refractivity contribution in [1.82, 2.24) is 9.55 Å². The number of aromatic nitrogens is 2. The first-order valence-electron chi connectivity index (χ1n) is 8.27. The van der Waals surface area contributed by atoms with Gasteiger partial charge in [0.15, 0.2) is 0 Å². The maximum atomic E-state index is 4.78. The van der Waals surface area contributed by atoms with Gasteiger partial charge >= 0.3 is 0 Å². The zero-order chi connectivity index (χ0) is 14.5. The number of hydrogen-bond acceptors (Lipinski definition) is 2. The highest BCUT2D eigenvalue weighted by Gasteiger charge is 2.12. The minimum Gasteiger partial charge on any atom is -0.385 e. The van der Waals surface area contributed by atoms with Gasteiger partial charge in [-0.05, 0) is 31.4 Å². The predicted molar refractivity (Wildman–Crippen MR) is 88.6 cm³/mol. The molecule has 2 aromatic rings. The monoisotopic (exact) mass is 283 g/mol. The Labute approximate surface area is 127 Å². The summed E-state index contributed by atoms with van der Waals surface area (Å²) in [6.07, 6.45) is 9.69. The minimum absolute atomic E-state index is 1.06. The second kappa shape index (κ2) is 6.79. The molecule has 0 spiro atoms. The predicted octanol–water partition coefficient (Wildman–Crippen LogP) is 4.49. The molecule has 1 aromatic carbocycles. The number of rotatable bonds is 6. The zero-order valence-corrected chi connectivity index (χ0v) is 12.9. The average molecular weight is 283 g/mol. The molecule has 2 heterocycles. The van der Waals surface area contributed by atoms with Crippen LogP contribution in [0, 0.1) is 0 Å². The summed E-state index contributed by atoms with van der Waals surface area (Å²) in [5.41, 5.74) is 3.54. The Hall–Kier alpha value is -1.77. The molecule has 1 aliphatic rings. The summed E-state index contributed by atoms with van der Waals surface area (Å²) in [6.45, 7) is 4.42. The van der Waals surface area contributed by atoms with Crippen LogP contribution in [-0.2, 0) is 13.0 Å². The van der Waals surface area contributed by atoms with Gasteiger partial charge in [-0.3, -0.25) is 0 Å². The summed E-state index contributed by atoms with van der Waals surface area (Å²) in [5.74, 6) is 1.25. The molecule has 3 rings (SSSR count). The van der Waals surface area contributed by atoms with Crippen LogP contribution in [0.25, 0.3) is 11.3 Å². The van der Waals surface area contributed by atoms with E-state index in [0.29, 0.717) is 0 Å². The van der Waals surface area contributed by atoms with Gasteiger partial charge in [0.25, 0.3) is 0 Å². The van der Waals surface area contributed by atoms with Crippen molar-refractivity contribution in [3.05, 3.63) is 36.3 Å². The minimum atomic E-state index is 1.06. The lowest BCUT2D eigenvalue weighted by Crippen LogP contribution is -2.08. The zero-order valence-electron chi connectivity index (χ0n) is 12.9. The van der Waals surface area contributed by atoms with Gasteiger partial charge in [-0.1, -0.05) is 31.9 Å². The molecule has 0 radical (unpaired) electrons. The van der Waals surface area contributed by atoms with E-state index < -0.39 is 0 Å². The first kappa shape index (κ1) is 14.2. The molecule has 0 atom stereocenters. The Kier molecular flexibility index (Phi) is 4.59. The number of benzene rings is 1. The Bertz CT molecular complexity index is 545. The third-order valence-corrected chi connectivity index (χ3v) is 4.20. The number of nitrogens with one attached hydrogen (secondary N) is 1. The fourth-order valence-electron chi connectivity index (χ4n) is 2.92. The van der Waals surface area contributed by atoms with Crippen molar-refractivity contribution < 1.29 is 0 Å². The number of anilines is 1. The van der Waals surface area contributed by atoms with E-state index in [-0.39, 0.29) is 0 Å². The van der Waals surface area contributed by atoms with Crippen molar-refractivity contribution in [2.24, 2.45) is 0 Å². The Morgan fingerprint density at radius 2 is 2.00 bits per heavy atom. The van der Waals surface area contributed by atoms with Crippen molar-refractivity contribution >= 4 is 5.69 Å². The molecule has 0 unspecified atom stereocenters. The fraction of sp³-hybridized carbons (Fsp3) is 0.500. The lowest BCUT2D eigenvalue weighted by Gasteiger charge is -2.11. The van der Waals surface area contributed by atoms with E-state index in [1.54, 1.807) is 0 Å². The van der Waals surface area contributed by atoms with Crippen LogP contribution >= 0.6 is 0 Å². The SMILES string of the molecule is CCCCCNc1ccc(-c2cn3c(n2)CCCC3)cc1. The van der Waals surface area contributed by atoms with Crippen LogP contribution in [0.15, 0.2) is 30.5 Å². The molecule has 0 amide bonds. The van der Waals surface area contributed by atoms with Crippen LogP contribution < -0.4 is 5.32 Å². The van der Waals surface area contributed by atoms with Crippen molar-refractivity contribution in [1.29, 1.82) is 0 Å². The number of unbranched alkanes of at least 4 members (excludes halogenated alkanes) is 2. The second-order valence-corrected chi connectivity index (χ2v) is 5.90. The van der Waals surface area contributed by atoms with Gasteiger partial charge in [-0.15, -0.1) is 0 Å². The van der Waals surface area contributed by atoms with Gasteiger partial charge in [-0.25, -0.2) is 4.98 Å². The third kappa shape index (κ3) is 3.46. The van der Waals surface area contributed by atoms with Crippen LogP contribution in [-0.4, -0.2) is 16.1 Å². The molecular weight excluding hydrogens is 258 g/mol. The summed E-state index contributed by atoms with van der Waals surface area (Å²) >= 11 is 0. The molecule has 3 heteroatoms. The smallest absolute Gasteiger partial charge is 0.109 e. The number of fused-ring (bicyclic) bond motifs is 1. The highest BCUT2D eigenvalue weighted by atomic mass is 15.1. The van der Waals surface area contributed by atoms with Gasteiger partial charge in [-0.2, -0.15) is 0 Å². The molecule has 0 saturated heterocycles. The molecule has 0 saturated carbocycles. The Balaban J connectivity index is 1.65. The topological polar surface area (TPSA) is 29.9 Å². The molecule has 1 aliphatic heterocycles. The van der Waals surface area contributed by atoms with E-state index in [4.69, 9.17) is 4.98 Å². The summed E-state index contributed by atoms with van der Waals surface area (Å²) in [7, 11) is 0. The molecule has 3 nitrogen and oxygen atoms in total. The maximum Gasteiger partial charge on any atom is 0.109 e. The number of aryl methyl sites for hydroxylation is 2. The second-order valence-electron chi connectivity index (χ2n) is 5.90. The molecule has 0 fully saturated rings. The van der Waals surface area contributed by atoms with E-state index in [2.05, 4.69) is 47.3 Å². The molecule has 0 bridgehead atoms.